The topological polar surface area (TPSA) is 49.9 Å². The molecule has 0 aliphatic carbocycles. The van der Waals surface area contributed by atoms with Crippen LogP contribution in [0.2, 0.25) is 5.02 Å². The lowest BCUT2D eigenvalue weighted by atomic mass is 10.3. The summed E-state index contributed by atoms with van der Waals surface area (Å²) in [5, 5.41) is 3.85. The van der Waals surface area contributed by atoms with Crippen LogP contribution in [0, 0.1) is 0 Å². The van der Waals surface area contributed by atoms with E-state index in [-0.39, 0.29) is 0 Å². The Labute approximate surface area is 98.6 Å². The van der Waals surface area contributed by atoms with Crippen molar-refractivity contribution in [3.05, 3.63) is 41.4 Å². The summed E-state index contributed by atoms with van der Waals surface area (Å²) in [5.41, 5.74) is 1.88. The van der Waals surface area contributed by atoms with E-state index in [4.69, 9.17) is 16.3 Å². The normalized spacial score (nSPS) is 10.1. The molecule has 0 atom stereocenters. The first-order chi connectivity index (χ1) is 7.79. The number of imidazole rings is 1. The summed E-state index contributed by atoms with van der Waals surface area (Å²) < 4.78 is 5.07. The van der Waals surface area contributed by atoms with Gasteiger partial charge in [0.15, 0.2) is 0 Å². The zero-order valence-corrected chi connectivity index (χ0v) is 9.58. The molecule has 0 bridgehead atoms. The molecule has 1 aromatic heterocycles. The van der Waals surface area contributed by atoms with Crippen molar-refractivity contribution < 1.29 is 4.74 Å². The van der Waals surface area contributed by atoms with Crippen molar-refractivity contribution in [3.8, 4) is 5.75 Å². The van der Waals surface area contributed by atoms with Gasteiger partial charge >= 0.3 is 0 Å². The predicted octanol–water partition coefficient (Wildman–Crippen LogP) is 2.68. The number of hydrogen-bond acceptors (Lipinski definition) is 3. The van der Waals surface area contributed by atoms with Crippen LogP contribution in [-0.4, -0.2) is 17.1 Å². The van der Waals surface area contributed by atoms with Crippen LogP contribution in [0.15, 0.2) is 30.7 Å². The number of nitrogens with zero attached hydrogens (tertiary/aromatic N) is 1. The molecule has 2 rings (SSSR count). The first kappa shape index (κ1) is 10.8. The molecule has 0 aliphatic heterocycles. The zero-order valence-electron chi connectivity index (χ0n) is 8.83. The number of aromatic nitrogens is 2. The van der Waals surface area contributed by atoms with E-state index < -0.39 is 0 Å². The van der Waals surface area contributed by atoms with Gasteiger partial charge in [-0.25, -0.2) is 4.98 Å². The first-order valence-electron chi connectivity index (χ1n) is 4.84. The molecule has 0 saturated heterocycles. The van der Waals surface area contributed by atoms with Crippen molar-refractivity contribution in [2.45, 2.75) is 6.54 Å². The van der Waals surface area contributed by atoms with E-state index >= 15 is 0 Å². The average molecular weight is 238 g/mol. The van der Waals surface area contributed by atoms with Gasteiger partial charge in [-0.2, -0.15) is 0 Å². The fourth-order valence-electron chi connectivity index (χ4n) is 1.34. The number of H-pyrrole nitrogens is 1. The first-order valence-corrected chi connectivity index (χ1v) is 5.22. The van der Waals surface area contributed by atoms with E-state index in [9.17, 15) is 0 Å². The molecule has 0 amide bonds. The van der Waals surface area contributed by atoms with Crippen molar-refractivity contribution in [3.63, 3.8) is 0 Å². The quantitative estimate of drug-likeness (QED) is 0.860. The number of hydrogen-bond donors (Lipinski definition) is 2. The molecule has 0 spiro atoms. The van der Waals surface area contributed by atoms with Gasteiger partial charge in [0, 0.05) is 12.3 Å². The molecular formula is C11H12ClN3O. The molecular weight excluding hydrogens is 226 g/mol. The maximum Gasteiger partial charge on any atom is 0.120 e. The Bertz CT molecular complexity index is 456. The molecule has 5 heteroatoms. The summed E-state index contributed by atoms with van der Waals surface area (Å²) in [7, 11) is 1.61. The van der Waals surface area contributed by atoms with E-state index in [0.29, 0.717) is 11.6 Å². The van der Waals surface area contributed by atoms with Gasteiger partial charge < -0.3 is 15.0 Å². The van der Waals surface area contributed by atoms with Gasteiger partial charge in [-0.1, -0.05) is 11.6 Å². The summed E-state index contributed by atoms with van der Waals surface area (Å²) in [5.74, 6) is 0.747. The standard InChI is InChI=1S/C11H12ClN3O/c1-16-9-2-3-11(10(12)4-9)14-6-8-5-13-7-15-8/h2-5,7,14H,6H2,1H3,(H,13,15). The SMILES string of the molecule is COc1ccc(NCc2cnc[nH]2)c(Cl)c1. The third-order valence-corrected chi connectivity index (χ3v) is 2.51. The number of halogens is 1. The Morgan fingerprint density at radius 2 is 2.38 bits per heavy atom. The fraction of sp³-hybridized carbons (Fsp3) is 0.182. The second kappa shape index (κ2) is 4.90. The van der Waals surface area contributed by atoms with Crippen molar-refractivity contribution in [2.24, 2.45) is 0 Å². The van der Waals surface area contributed by atoms with Crippen molar-refractivity contribution in [1.82, 2.24) is 9.97 Å². The Morgan fingerprint density at radius 3 is 3.00 bits per heavy atom. The molecule has 2 N–H and O–H groups in total. The Kier molecular flexibility index (Phi) is 3.31. The number of rotatable bonds is 4. The maximum atomic E-state index is 6.08. The van der Waals surface area contributed by atoms with Gasteiger partial charge in [-0.15, -0.1) is 0 Å². The Hall–Kier alpha value is -1.68. The number of aromatic amines is 1. The smallest absolute Gasteiger partial charge is 0.120 e. The van der Waals surface area contributed by atoms with E-state index in [1.54, 1.807) is 25.7 Å². The summed E-state index contributed by atoms with van der Waals surface area (Å²) >= 11 is 6.08. The summed E-state index contributed by atoms with van der Waals surface area (Å²) in [6.45, 7) is 0.659. The third-order valence-electron chi connectivity index (χ3n) is 2.20. The average Bonchev–Trinajstić information content (AvgIpc) is 2.80. The van der Waals surface area contributed by atoms with E-state index in [1.807, 2.05) is 12.1 Å². The molecule has 0 fully saturated rings. The van der Waals surface area contributed by atoms with Crippen LogP contribution < -0.4 is 10.1 Å². The van der Waals surface area contributed by atoms with Crippen LogP contribution in [0.4, 0.5) is 5.69 Å². The van der Waals surface area contributed by atoms with Gasteiger partial charge in [-0.05, 0) is 12.1 Å². The lowest BCUT2D eigenvalue weighted by Gasteiger charge is -2.08. The van der Waals surface area contributed by atoms with Crippen LogP contribution in [0.5, 0.6) is 5.75 Å². The lowest BCUT2D eigenvalue weighted by molar-refractivity contribution is 0.415. The molecule has 1 aromatic carbocycles. The molecule has 84 valence electrons. The molecule has 16 heavy (non-hydrogen) atoms. The number of methoxy groups -OCH3 is 1. The molecule has 0 unspecified atom stereocenters. The molecule has 0 radical (unpaired) electrons. The maximum absolute atomic E-state index is 6.08. The van der Waals surface area contributed by atoms with Crippen LogP contribution in [0.1, 0.15) is 5.69 Å². The van der Waals surface area contributed by atoms with Crippen molar-refractivity contribution in [1.29, 1.82) is 0 Å². The fourth-order valence-corrected chi connectivity index (χ4v) is 1.58. The van der Waals surface area contributed by atoms with Gasteiger partial charge in [0.05, 0.1) is 36.4 Å². The third kappa shape index (κ3) is 2.46. The van der Waals surface area contributed by atoms with Gasteiger partial charge in [-0.3, -0.25) is 0 Å². The predicted molar refractivity (Wildman–Crippen MR) is 63.9 cm³/mol. The van der Waals surface area contributed by atoms with Gasteiger partial charge in [0.2, 0.25) is 0 Å². The Balaban J connectivity index is 2.04. The molecule has 4 nitrogen and oxygen atoms in total. The second-order valence-corrected chi connectivity index (χ2v) is 3.68. The van der Waals surface area contributed by atoms with Crippen LogP contribution in [-0.2, 0) is 6.54 Å². The monoisotopic (exact) mass is 237 g/mol. The van der Waals surface area contributed by atoms with Gasteiger partial charge in [0.1, 0.15) is 5.75 Å². The van der Waals surface area contributed by atoms with E-state index in [2.05, 4.69) is 15.3 Å². The zero-order chi connectivity index (χ0) is 11.4. The van der Waals surface area contributed by atoms with Crippen LogP contribution in [0.25, 0.3) is 0 Å². The molecule has 0 saturated carbocycles. The summed E-state index contributed by atoms with van der Waals surface area (Å²) in [6, 6.07) is 5.52. The van der Waals surface area contributed by atoms with Gasteiger partial charge in [0.25, 0.3) is 0 Å². The van der Waals surface area contributed by atoms with E-state index in [0.717, 1.165) is 17.1 Å². The van der Waals surface area contributed by atoms with E-state index in [1.165, 1.54) is 0 Å². The van der Waals surface area contributed by atoms with Crippen molar-refractivity contribution >= 4 is 17.3 Å². The summed E-state index contributed by atoms with van der Waals surface area (Å²) in [6.07, 6.45) is 3.41. The number of ether oxygens (including phenoxy) is 1. The number of nitrogens with one attached hydrogen (secondary N) is 2. The Morgan fingerprint density at radius 1 is 1.50 bits per heavy atom. The highest BCUT2D eigenvalue weighted by atomic mass is 35.5. The highest BCUT2D eigenvalue weighted by molar-refractivity contribution is 6.33. The number of benzene rings is 1. The number of anilines is 1. The minimum Gasteiger partial charge on any atom is -0.497 e. The molecule has 1 heterocycles. The highest BCUT2D eigenvalue weighted by Crippen LogP contribution is 2.26. The minimum atomic E-state index is 0.638. The molecule has 0 aliphatic rings. The highest BCUT2D eigenvalue weighted by Gasteiger charge is 2.02. The summed E-state index contributed by atoms with van der Waals surface area (Å²) in [4.78, 5) is 6.94. The molecule has 2 aromatic rings. The second-order valence-electron chi connectivity index (χ2n) is 3.28. The largest absolute Gasteiger partial charge is 0.497 e. The van der Waals surface area contributed by atoms with Crippen molar-refractivity contribution in [2.75, 3.05) is 12.4 Å². The van der Waals surface area contributed by atoms with Crippen LogP contribution in [0.3, 0.4) is 0 Å². The lowest BCUT2D eigenvalue weighted by Crippen LogP contribution is -2.00. The van der Waals surface area contributed by atoms with Crippen LogP contribution >= 0.6 is 11.6 Å². The minimum absolute atomic E-state index is 0.638.